The molecule has 3 aromatic heterocycles. The number of aliphatic hydroxyl groups is 1. The average molecular weight is 856 g/mol. The number of thiazole rings is 1. The third-order valence-electron chi connectivity index (χ3n) is 12.4. The quantitative estimate of drug-likeness (QED) is 0.109. The molecule has 3 N–H and O–H groups in total. The summed E-state index contributed by atoms with van der Waals surface area (Å²) in [6.45, 7) is 6.27. The van der Waals surface area contributed by atoms with Crippen LogP contribution in [0.25, 0.3) is 21.3 Å². The number of nitrogens with one attached hydrogen (secondary N) is 2. The Balaban J connectivity index is 0.848. The van der Waals surface area contributed by atoms with E-state index in [1.807, 2.05) is 18.2 Å². The Labute approximate surface area is 354 Å². The molecular formula is C45H48F3N7O5S. The highest BCUT2D eigenvalue weighted by molar-refractivity contribution is 7.18. The van der Waals surface area contributed by atoms with E-state index < -0.39 is 35.3 Å². The van der Waals surface area contributed by atoms with E-state index in [2.05, 4.69) is 32.4 Å². The fourth-order valence-corrected chi connectivity index (χ4v) is 10.2. The number of likely N-dealkylation sites (tertiary alicyclic amines) is 1. The van der Waals surface area contributed by atoms with Crippen molar-refractivity contribution in [3.8, 4) is 11.8 Å². The highest BCUT2D eigenvalue weighted by Crippen LogP contribution is 2.42. The van der Waals surface area contributed by atoms with E-state index in [0.29, 0.717) is 45.6 Å². The van der Waals surface area contributed by atoms with E-state index in [1.165, 1.54) is 15.2 Å². The standard InChI is InChI=1S/C45H48F3N7O5S/c1-44(2,60)30-23-33-36(24-32(30)50-40(57)31-10-6-12-37(49-31)45(46,47)48)61-42(51-33)29-15-13-27(14-16-29)25-54-21-19-26(20-22-54)7-4-8-28-9-5-11-34-39(28)53(3)43(59)55(34)35-17-18-38(56)52-41(35)58/h5-6,9-12,23-24,26-27,29,35,60H,7,13-22,25H2,1-3H3,(H,50,57)(H,52,56,58). The van der Waals surface area contributed by atoms with Gasteiger partial charge in [0.15, 0.2) is 0 Å². The Kier molecular flexibility index (Phi) is 11.7. The fraction of sp³-hybridized carbons (Fsp3) is 0.467. The van der Waals surface area contributed by atoms with Gasteiger partial charge in [-0.3, -0.25) is 28.8 Å². The zero-order chi connectivity index (χ0) is 43.2. The van der Waals surface area contributed by atoms with Gasteiger partial charge < -0.3 is 15.3 Å². The molecule has 12 nitrogen and oxygen atoms in total. The van der Waals surface area contributed by atoms with Crippen molar-refractivity contribution in [2.75, 3.05) is 25.0 Å². The van der Waals surface area contributed by atoms with Gasteiger partial charge in [-0.1, -0.05) is 24.0 Å². The highest BCUT2D eigenvalue weighted by atomic mass is 32.1. The van der Waals surface area contributed by atoms with Crippen molar-refractivity contribution in [3.05, 3.63) is 86.5 Å². The van der Waals surface area contributed by atoms with Crippen LogP contribution in [0.4, 0.5) is 18.9 Å². The normalized spacial score (nSPS) is 20.7. The van der Waals surface area contributed by atoms with Crippen molar-refractivity contribution < 1.29 is 32.7 Å². The summed E-state index contributed by atoms with van der Waals surface area (Å²) in [5.74, 6) is 6.48. The molecule has 0 spiro atoms. The van der Waals surface area contributed by atoms with Crippen molar-refractivity contribution >= 4 is 56.0 Å². The van der Waals surface area contributed by atoms with Crippen LogP contribution >= 0.6 is 11.3 Å². The second kappa shape index (κ2) is 16.8. The lowest BCUT2D eigenvalue weighted by molar-refractivity contribution is -0.141. The van der Waals surface area contributed by atoms with Gasteiger partial charge in [0.2, 0.25) is 11.8 Å². The molecule has 1 atom stereocenters. The maximum atomic E-state index is 13.3. The number of aromatic nitrogens is 4. The molecule has 0 bridgehead atoms. The third kappa shape index (κ3) is 9.01. The van der Waals surface area contributed by atoms with Crippen LogP contribution in [-0.4, -0.2) is 66.5 Å². The maximum absolute atomic E-state index is 13.3. The monoisotopic (exact) mass is 855 g/mol. The summed E-state index contributed by atoms with van der Waals surface area (Å²) in [7, 11) is 1.69. The first kappa shape index (κ1) is 42.3. The minimum atomic E-state index is -4.69. The molecule has 61 heavy (non-hydrogen) atoms. The third-order valence-corrected chi connectivity index (χ3v) is 13.6. The van der Waals surface area contributed by atoms with Gasteiger partial charge in [0.1, 0.15) is 17.4 Å². The number of carbonyl (C=O) groups is 3. The van der Waals surface area contributed by atoms with E-state index in [0.717, 1.165) is 92.0 Å². The van der Waals surface area contributed by atoms with Gasteiger partial charge in [0.05, 0.1) is 37.4 Å². The molecule has 3 amide bonds. The Morgan fingerprint density at radius 2 is 1.70 bits per heavy atom. The van der Waals surface area contributed by atoms with E-state index in [-0.39, 0.29) is 30.1 Å². The first-order valence-corrected chi connectivity index (χ1v) is 21.6. The zero-order valence-electron chi connectivity index (χ0n) is 34.3. The predicted molar refractivity (Wildman–Crippen MR) is 226 cm³/mol. The van der Waals surface area contributed by atoms with Crippen LogP contribution in [0, 0.1) is 23.7 Å². The molecule has 1 aliphatic carbocycles. The van der Waals surface area contributed by atoms with E-state index >= 15 is 0 Å². The number of rotatable bonds is 8. The minimum absolute atomic E-state index is 0.186. The van der Waals surface area contributed by atoms with Crippen molar-refractivity contribution in [3.63, 3.8) is 0 Å². The number of hydrogen-bond acceptors (Lipinski definition) is 9. The number of alkyl halides is 3. The number of imidazole rings is 1. The summed E-state index contributed by atoms with van der Waals surface area (Å²) in [5.41, 5.74) is 0.249. The molecule has 5 heterocycles. The van der Waals surface area contributed by atoms with Crippen LogP contribution in [0.2, 0.25) is 0 Å². The minimum Gasteiger partial charge on any atom is -0.386 e. The molecule has 320 valence electrons. The van der Waals surface area contributed by atoms with Crippen LogP contribution in [0.5, 0.6) is 0 Å². The van der Waals surface area contributed by atoms with Crippen molar-refractivity contribution in [2.24, 2.45) is 18.9 Å². The molecule has 2 saturated heterocycles. The number of fused-ring (bicyclic) bond motifs is 2. The number of amides is 3. The number of halogens is 3. The van der Waals surface area contributed by atoms with Gasteiger partial charge in [-0.15, -0.1) is 11.3 Å². The molecule has 8 rings (SSSR count). The summed E-state index contributed by atoms with van der Waals surface area (Å²) in [6, 6.07) is 11.5. The lowest BCUT2D eigenvalue weighted by Crippen LogP contribution is -2.44. The number of carbonyl (C=O) groups excluding carboxylic acids is 3. The summed E-state index contributed by atoms with van der Waals surface area (Å²) >= 11 is 1.55. The van der Waals surface area contributed by atoms with Gasteiger partial charge in [-0.2, -0.15) is 13.2 Å². The average Bonchev–Trinajstić information content (AvgIpc) is 3.75. The molecule has 3 aliphatic rings. The van der Waals surface area contributed by atoms with Gasteiger partial charge in [0.25, 0.3) is 5.91 Å². The molecule has 1 saturated carbocycles. The van der Waals surface area contributed by atoms with Crippen LogP contribution in [0.15, 0.2) is 53.3 Å². The van der Waals surface area contributed by atoms with Crippen molar-refractivity contribution in [1.29, 1.82) is 0 Å². The summed E-state index contributed by atoms with van der Waals surface area (Å²) in [5, 5.41) is 17.0. The molecule has 1 unspecified atom stereocenters. The summed E-state index contributed by atoms with van der Waals surface area (Å²) in [4.78, 5) is 61.7. The molecule has 0 radical (unpaired) electrons. The number of hydrogen-bond donors (Lipinski definition) is 3. The number of pyridine rings is 1. The Bertz CT molecular complexity index is 2630. The smallest absolute Gasteiger partial charge is 0.386 e. The van der Waals surface area contributed by atoms with E-state index in [1.54, 1.807) is 44.4 Å². The number of para-hydroxylation sites is 1. The molecule has 3 fully saturated rings. The number of imide groups is 1. The molecule has 5 aromatic rings. The van der Waals surface area contributed by atoms with Gasteiger partial charge in [0, 0.05) is 43.6 Å². The second-order valence-electron chi connectivity index (χ2n) is 17.2. The number of nitrogens with zero attached hydrogens (tertiary/aromatic N) is 5. The lowest BCUT2D eigenvalue weighted by atomic mass is 9.81. The zero-order valence-corrected chi connectivity index (χ0v) is 35.1. The number of anilines is 1. The number of aryl methyl sites for hydroxylation is 1. The largest absolute Gasteiger partial charge is 0.433 e. The van der Waals surface area contributed by atoms with E-state index in [4.69, 9.17) is 4.98 Å². The Hall–Kier alpha value is -5.37. The van der Waals surface area contributed by atoms with Crippen LogP contribution in [0.3, 0.4) is 0 Å². The van der Waals surface area contributed by atoms with Crippen LogP contribution in [-0.2, 0) is 28.4 Å². The second-order valence-corrected chi connectivity index (χ2v) is 18.2. The Morgan fingerprint density at radius 3 is 2.41 bits per heavy atom. The molecule has 2 aromatic carbocycles. The highest BCUT2D eigenvalue weighted by Gasteiger charge is 2.34. The van der Waals surface area contributed by atoms with Crippen molar-refractivity contribution in [1.82, 2.24) is 29.3 Å². The van der Waals surface area contributed by atoms with Gasteiger partial charge >= 0.3 is 11.9 Å². The van der Waals surface area contributed by atoms with Gasteiger partial charge in [-0.25, -0.2) is 14.8 Å². The Morgan fingerprint density at radius 1 is 0.967 bits per heavy atom. The number of benzene rings is 2. The first-order valence-electron chi connectivity index (χ1n) is 20.8. The van der Waals surface area contributed by atoms with Gasteiger partial charge in [-0.05, 0) is 120 Å². The summed E-state index contributed by atoms with van der Waals surface area (Å²) < 4.78 is 43.6. The SMILES string of the molecule is Cn1c(=O)n(C2CCC(=O)NC2=O)c2cccc(C#CCC3CCN(CC4CCC(c5nc6cc(C(C)(C)O)c(NC(=O)c7cccc(C(F)(F)F)n7)cc6s5)CC4)CC3)c21. The van der Waals surface area contributed by atoms with E-state index in [9.17, 15) is 37.5 Å². The van der Waals surface area contributed by atoms with Crippen LogP contribution < -0.4 is 16.3 Å². The lowest BCUT2D eigenvalue weighted by Gasteiger charge is -2.36. The first-order chi connectivity index (χ1) is 29.0. The molecule has 2 aliphatic heterocycles. The number of piperidine rings is 2. The molecular weight excluding hydrogens is 808 g/mol. The fourth-order valence-electron chi connectivity index (χ4n) is 9.07. The summed E-state index contributed by atoms with van der Waals surface area (Å²) in [6.07, 6.45) is 2.86. The maximum Gasteiger partial charge on any atom is 0.433 e. The topological polar surface area (TPSA) is 151 Å². The predicted octanol–water partition coefficient (Wildman–Crippen LogP) is 7.25. The van der Waals surface area contributed by atoms with Crippen LogP contribution in [0.1, 0.15) is 116 Å². The molecule has 16 heteroatoms. The van der Waals surface area contributed by atoms with Crippen molar-refractivity contribution in [2.45, 2.75) is 95.4 Å².